The predicted octanol–water partition coefficient (Wildman–Crippen LogP) is 2.29. The number of aliphatic hydroxyl groups excluding tert-OH is 1. The summed E-state index contributed by atoms with van der Waals surface area (Å²) in [5, 5.41) is 33.2. The Balaban J connectivity index is 2.39. The van der Waals surface area contributed by atoms with Gasteiger partial charge in [-0.15, -0.1) is 0 Å². The summed E-state index contributed by atoms with van der Waals surface area (Å²) in [4.78, 5) is 175. The first-order valence-electron chi connectivity index (χ1n) is 33.8. The second-order valence-electron chi connectivity index (χ2n) is 27.8. The average molecular weight is 1320 g/mol. The summed E-state index contributed by atoms with van der Waals surface area (Å²) in [7, 11) is 8.31. The topological polar surface area (TPSA) is 315 Å². The molecule has 0 radical (unpaired) electrons. The molecule has 4 unspecified atom stereocenters. The summed E-state index contributed by atoms with van der Waals surface area (Å²) in [5.74, 6) is -11.2. The molecule has 11 amide bonds. The van der Waals surface area contributed by atoms with Gasteiger partial charge in [0.25, 0.3) is 0 Å². The van der Waals surface area contributed by atoms with E-state index in [-0.39, 0.29) is 62.2 Å². The minimum absolute atomic E-state index is 0.0216. The number of likely N-dealkylation sites (N-methyl/N-ethyl adjacent to an activating group) is 6. The molecule has 532 valence electrons. The monoisotopic (exact) mass is 1320 g/mol. The van der Waals surface area contributed by atoms with Crippen molar-refractivity contribution in [1.29, 1.82) is 0 Å². The molecule has 2 bridgehead atoms. The van der Waals surface area contributed by atoms with E-state index in [9.17, 15) is 33.9 Å². The first-order chi connectivity index (χ1) is 43.4. The second-order valence-corrected chi connectivity index (χ2v) is 27.8. The van der Waals surface area contributed by atoms with Gasteiger partial charge in [0.05, 0.1) is 19.3 Å². The number of amides is 11. The van der Waals surface area contributed by atoms with Crippen molar-refractivity contribution in [1.82, 2.24) is 60.2 Å². The van der Waals surface area contributed by atoms with Crippen molar-refractivity contribution in [3.63, 3.8) is 0 Å². The lowest BCUT2D eigenvalue weighted by Gasteiger charge is -2.46. The van der Waals surface area contributed by atoms with Crippen LogP contribution < -0.4 is 16.0 Å². The van der Waals surface area contributed by atoms with Crippen LogP contribution in [0.1, 0.15) is 162 Å². The van der Waals surface area contributed by atoms with E-state index < -0.39 is 161 Å². The normalized spacial score (nSPS) is 28.8. The van der Waals surface area contributed by atoms with Gasteiger partial charge < -0.3 is 75.1 Å². The summed E-state index contributed by atoms with van der Waals surface area (Å²) in [6.45, 7) is 28.5. The number of carbonyl (C=O) groups is 11. The number of carbonyl (C=O) groups excluding carboxylic acids is 11. The van der Waals surface area contributed by atoms with E-state index in [1.807, 2.05) is 27.7 Å². The number of aliphatic hydroxyl groups is 1. The van der Waals surface area contributed by atoms with Crippen LogP contribution in [0.25, 0.3) is 0 Å². The maximum Gasteiger partial charge on any atom is 0.246 e. The molecule has 0 aromatic carbocycles. The fourth-order valence-electron chi connectivity index (χ4n) is 12.9. The Morgan fingerprint density at radius 2 is 1.10 bits per heavy atom. The van der Waals surface area contributed by atoms with Crippen LogP contribution in [0.2, 0.25) is 0 Å². The molecule has 27 nitrogen and oxygen atoms in total. The van der Waals surface area contributed by atoms with Crippen LogP contribution in [-0.4, -0.2) is 281 Å². The SMILES string of the molecule is CCC1NC(=O)[C@H]([C@H](C)CCCCO)N([O-])C(=O)[C@H](C(C)C)N(C)C(=O)[C@@H]2CC(C)N(C(=O)C(C)NC(=O)[C@H](CC(C)C)N(C)C(=O)C(C(C)C)NC(=O)[C@H]([C@@H](C)OCCCCN3CCOCC3)N(C)C(=O)[C@@H](C)N(C)C1=O)[C@H](C)C(=O)N(C)[C@@H](CC(C)C)C(=O)N2C. The Kier molecular flexibility index (Phi) is 32.6. The van der Waals surface area contributed by atoms with E-state index in [0.717, 1.165) is 40.8 Å². The molecule has 3 rings (SSSR count). The van der Waals surface area contributed by atoms with Crippen molar-refractivity contribution in [2.24, 2.45) is 29.6 Å². The number of nitrogens with one attached hydrogen (secondary N) is 3. The fraction of sp³-hybridized carbons (Fsp3) is 0.833. The van der Waals surface area contributed by atoms with Gasteiger partial charge >= 0.3 is 0 Å². The lowest BCUT2D eigenvalue weighted by molar-refractivity contribution is -0.160. The Bertz CT molecular complexity index is 2530. The number of fused-ring (bicyclic) bond motifs is 3. The molecular weight excluding hydrogens is 1200 g/mol. The highest BCUT2D eigenvalue weighted by Crippen LogP contribution is 2.29. The lowest BCUT2D eigenvalue weighted by atomic mass is 9.92. The van der Waals surface area contributed by atoms with Crippen LogP contribution in [0.4, 0.5) is 0 Å². The molecule has 4 N–H and O–H groups in total. The standard InChI is InChI=1S/C66H117N12O15/c1-22-48-62(86)70(16)45(13)60(84)75(21)55(47(15)93-32-26-24-28-76-29-33-92-34-30-76)58(82)69-52(40(6)7)65(89)71(17)49(35-38(2)3)56(80)67-44(12)59(83)77-43(11)37-51(73(19)63(87)50(36-39(4)5)72(18)61(85)46(77)14)64(88)74(20)53(41(8)9)66(90)78(91)54(57(81)68-48)42(10)27-23-25-31-79/h38-55,79H,22-37H2,1-21H3,(H,67,80)(H,68,81)(H,69,82)/q-1/t42-,43?,44?,45-,46-,47-,48?,49+,50+,51+,52?,53+,54+,55+/m1/s1. The molecule has 3 heterocycles. The summed E-state index contributed by atoms with van der Waals surface area (Å²) in [6, 6.07) is -16.3. The molecular formula is C66H117N12O15-. The Morgan fingerprint density at radius 1 is 0.548 bits per heavy atom. The van der Waals surface area contributed by atoms with Crippen molar-refractivity contribution in [2.75, 3.05) is 88.3 Å². The Hall–Kier alpha value is -6.03. The first-order valence-corrected chi connectivity index (χ1v) is 33.8. The van der Waals surface area contributed by atoms with Gasteiger partial charge in [0, 0.05) is 74.6 Å². The predicted molar refractivity (Wildman–Crippen MR) is 352 cm³/mol. The van der Waals surface area contributed by atoms with Crippen LogP contribution in [0, 0.1) is 34.8 Å². The smallest absolute Gasteiger partial charge is 0.246 e. The molecule has 0 spiro atoms. The minimum atomic E-state index is -1.80. The summed E-state index contributed by atoms with van der Waals surface area (Å²) in [5.41, 5.74) is 0. The summed E-state index contributed by atoms with van der Waals surface area (Å²) >= 11 is 0. The molecule has 3 saturated heterocycles. The van der Waals surface area contributed by atoms with Crippen molar-refractivity contribution in [3.8, 4) is 0 Å². The Morgan fingerprint density at radius 3 is 1.65 bits per heavy atom. The molecule has 0 aromatic heterocycles. The molecule has 0 aromatic rings. The molecule has 93 heavy (non-hydrogen) atoms. The van der Waals surface area contributed by atoms with E-state index >= 15 is 29.2 Å². The van der Waals surface area contributed by atoms with E-state index in [1.165, 1.54) is 82.7 Å². The van der Waals surface area contributed by atoms with Gasteiger partial charge in [-0.05, 0) is 122 Å². The molecule has 14 atom stereocenters. The van der Waals surface area contributed by atoms with Crippen molar-refractivity contribution < 1.29 is 67.3 Å². The van der Waals surface area contributed by atoms with E-state index in [4.69, 9.17) is 9.47 Å². The molecule has 3 aliphatic heterocycles. The van der Waals surface area contributed by atoms with Crippen molar-refractivity contribution in [2.45, 2.75) is 240 Å². The third kappa shape index (κ3) is 21.2. The minimum Gasteiger partial charge on any atom is -0.756 e. The molecule has 3 fully saturated rings. The van der Waals surface area contributed by atoms with Gasteiger partial charge in [-0.1, -0.05) is 75.7 Å². The average Bonchev–Trinajstić information content (AvgIpc) is 0.804. The molecule has 3 aliphatic rings. The van der Waals surface area contributed by atoms with Gasteiger partial charge in [-0.3, -0.25) is 57.6 Å². The second kappa shape index (κ2) is 37.3. The van der Waals surface area contributed by atoms with Gasteiger partial charge in [-0.25, -0.2) is 0 Å². The maximum absolute atomic E-state index is 15.5. The number of hydrogen-bond donors (Lipinski definition) is 4. The summed E-state index contributed by atoms with van der Waals surface area (Å²) < 4.78 is 11.8. The summed E-state index contributed by atoms with van der Waals surface area (Å²) in [6.07, 6.45) is 1.07. The van der Waals surface area contributed by atoms with E-state index in [0.29, 0.717) is 32.5 Å². The van der Waals surface area contributed by atoms with Crippen LogP contribution in [0.15, 0.2) is 0 Å². The molecule has 0 saturated carbocycles. The lowest BCUT2D eigenvalue weighted by Crippen LogP contribution is -2.65. The maximum atomic E-state index is 15.5. The first kappa shape index (κ1) is 81.2. The van der Waals surface area contributed by atoms with Gasteiger partial charge in [0.1, 0.15) is 66.5 Å². The number of hydrogen-bond acceptors (Lipinski definition) is 16. The number of ether oxygens (including phenoxy) is 2. The number of morpholine rings is 1. The van der Waals surface area contributed by atoms with Crippen molar-refractivity contribution in [3.05, 3.63) is 5.21 Å². The zero-order valence-electron chi connectivity index (χ0n) is 59.9. The molecule has 0 aliphatic carbocycles. The quantitative estimate of drug-likeness (QED) is 0.135. The van der Waals surface area contributed by atoms with E-state index in [2.05, 4.69) is 20.9 Å². The third-order valence-electron chi connectivity index (χ3n) is 18.9. The highest BCUT2D eigenvalue weighted by atomic mass is 16.5. The van der Waals surface area contributed by atoms with Crippen LogP contribution in [0.5, 0.6) is 0 Å². The van der Waals surface area contributed by atoms with Crippen LogP contribution in [0.3, 0.4) is 0 Å². The fourth-order valence-corrected chi connectivity index (χ4v) is 12.9. The number of unbranched alkanes of at least 4 members (excludes halogenated alkanes) is 2. The Labute approximate surface area is 553 Å². The van der Waals surface area contributed by atoms with Gasteiger partial charge in [-0.2, -0.15) is 0 Å². The van der Waals surface area contributed by atoms with Gasteiger partial charge in [0.15, 0.2) is 0 Å². The number of hydroxylamine groups is 2. The molecule has 27 heteroatoms. The largest absolute Gasteiger partial charge is 0.756 e. The van der Waals surface area contributed by atoms with E-state index in [1.54, 1.807) is 55.4 Å². The number of rotatable bonds is 19. The van der Waals surface area contributed by atoms with Crippen LogP contribution in [-0.2, 0) is 62.2 Å². The zero-order chi connectivity index (χ0) is 70.8. The highest BCUT2D eigenvalue weighted by Gasteiger charge is 2.48. The third-order valence-corrected chi connectivity index (χ3v) is 18.9. The van der Waals surface area contributed by atoms with Crippen LogP contribution >= 0.6 is 0 Å². The number of nitrogens with zero attached hydrogens (tertiary/aromatic N) is 9. The zero-order valence-corrected chi connectivity index (χ0v) is 59.9. The van der Waals surface area contributed by atoms with Gasteiger partial charge in [0.2, 0.25) is 65.0 Å². The van der Waals surface area contributed by atoms with Crippen molar-refractivity contribution >= 4 is 65.0 Å². The highest BCUT2D eigenvalue weighted by molar-refractivity contribution is 6.00.